The van der Waals surface area contributed by atoms with Gasteiger partial charge >= 0.3 is 0 Å². The summed E-state index contributed by atoms with van der Waals surface area (Å²) in [5.41, 5.74) is -0.165. The molecule has 2 N–H and O–H groups in total. The van der Waals surface area contributed by atoms with Crippen LogP contribution in [0.15, 0.2) is 23.5 Å². The Labute approximate surface area is 72.7 Å². The van der Waals surface area contributed by atoms with E-state index in [1.807, 2.05) is 0 Å². The van der Waals surface area contributed by atoms with Crippen molar-refractivity contribution in [3.8, 4) is 5.75 Å². The fourth-order valence-corrected chi connectivity index (χ4v) is 0.873. The molecule has 6 heteroatoms. The molecule has 1 rings (SSSR count). The fraction of sp³-hybridized carbons (Fsp3) is 0. The van der Waals surface area contributed by atoms with Gasteiger partial charge in [0.2, 0.25) is 5.28 Å². The van der Waals surface area contributed by atoms with Crippen molar-refractivity contribution in [2.45, 2.75) is 0 Å². The van der Waals surface area contributed by atoms with Crippen molar-refractivity contribution in [3.05, 3.63) is 28.4 Å². The Hall–Kier alpha value is -1.49. The second-order valence-electron chi connectivity index (χ2n) is 2.00. The summed E-state index contributed by atoms with van der Waals surface area (Å²) in [5.74, 6) is -0.338. The van der Waals surface area contributed by atoms with Gasteiger partial charge in [0, 0.05) is 17.2 Å². The number of hydrogen-bond donors (Lipinski definition) is 2. The van der Waals surface area contributed by atoms with Crippen LogP contribution in [0.25, 0.3) is 0 Å². The Morgan fingerprint density at radius 1 is 1.50 bits per heavy atom. The highest BCUT2D eigenvalue weighted by molar-refractivity contribution is 6.30. The molecule has 0 fully saturated rings. The highest BCUT2D eigenvalue weighted by Gasteiger charge is 2.10. The minimum absolute atomic E-state index is 0.119. The molecule has 0 aliphatic heterocycles. The lowest BCUT2D eigenvalue weighted by Gasteiger charge is -1.99. The lowest BCUT2D eigenvalue weighted by Crippen LogP contribution is -1.90. The van der Waals surface area contributed by atoms with E-state index in [0.717, 1.165) is 0 Å². The summed E-state index contributed by atoms with van der Waals surface area (Å²) < 4.78 is 0. The Kier molecular flexibility index (Phi) is 2.35. The maximum atomic E-state index is 10.6. The summed E-state index contributed by atoms with van der Waals surface area (Å²) in [5, 5.41) is 30.4. The second kappa shape index (κ2) is 3.27. The van der Waals surface area contributed by atoms with E-state index in [1.54, 1.807) is 0 Å². The van der Waals surface area contributed by atoms with E-state index < -0.39 is 0 Å². The molecule has 0 aromatic heterocycles. The number of benzene rings is 1. The van der Waals surface area contributed by atoms with E-state index in [9.17, 15) is 5.21 Å². The predicted molar refractivity (Wildman–Crippen MR) is 40.6 cm³/mol. The van der Waals surface area contributed by atoms with Crippen LogP contribution in [-0.2, 0) is 0 Å². The smallest absolute Gasteiger partial charge is 0.289 e. The minimum atomic E-state index is -0.338. The number of phenolic OH excluding ortho intramolecular Hbond substituents is 1. The molecule has 1 aromatic rings. The highest BCUT2D eigenvalue weighted by Crippen LogP contribution is 2.28. The zero-order valence-corrected chi connectivity index (χ0v) is 6.56. The Morgan fingerprint density at radius 2 is 2.17 bits per heavy atom. The molecule has 0 aliphatic carbocycles. The number of halogens is 1. The van der Waals surface area contributed by atoms with Crippen molar-refractivity contribution in [2.24, 2.45) is 5.28 Å². The van der Waals surface area contributed by atoms with Gasteiger partial charge < -0.3 is 15.5 Å². The third-order valence-corrected chi connectivity index (χ3v) is 1.46. The Balaban J connectivity index is 3.18. The molecule has 0 heterocycles. The van der Waals surface area contributed by atoms with Gasteiger partial charge in [0.15, 0.2) is 5.75 Å². The van der Waals surface area contributed by atoms with Gasteiger partial charge in [-0.2, -0.15) is 0 Å². The van der Waals surface area contributed by atoms with Crippen LogP contribution in [0.3, 0.4) is 0 Å². The van der Waals surface area contributed by atoms with Gasteiger partial charge in [-0.25, -0.2) is 0 Å². The van der Waals surface area contributed by atoms with E-state index in [0.29, 0.717) is 5.02 Å². The molecule has 5 nitrogen and oxygen atoms in total. The monoisotopic (exact) mass is 188 g/mol. The first-order valence-corrected chi connectivity index (χ1v) is 3.33. The summed E-state index contributed by atoms with van der Waals surface area (Å²) >= 11 is 5.49. The summed E-state index contributed by atoms with van der Waals surface area (Å²) in [7, 11) is 0. The minimum Gasteiger partial charge on any atom is -0.591 e. The summed E-state index contributed by atoms with van der Waals surface area (Å²) in [6.45, 7) is 0. The SMILES string of the molecule is [O-][N+](=NO)c1ccc(Cl)cc1O. The van der Waals surface area contributed by atoms with Gasteiger partial charge in [0.25, 0.3) is 5.69 Å². The number of aromatic hydroxyl groups is 1. The van der Waals surface area contributed by atoms with Gasteiger partial charge in [-0.05, 0) is 10.9 Å². The third kappa shape index (κ3) is 1.57. The van der Waals surface area contributed by atoms with Crippen LogP contribution >= 0.6 is 11.6 Å². The highest BCUT2D eigenvalue weighted by atomic mass is 35.5. The summed E-state index contributed by atoms with van der Waals surface area (Å²) in [4.78, 5) is -0.119. The molecule has 0 amide bonds. The van der Waals surface area contributed by atoms with Crippen molar-refractivity contribution in [2.75, 3.05) is 0 Å². The van der Waals surface area contributed by atoms with Crippen molar-refractivity contribution in [1.82, 2.24) is 0 Å². The average molecular weight is 189 g/mol. The van der Waals surface area contributed by atoms with Crippen LogP contribution in [-0.4, -0.2) is 15.2 Å². The molecule has 0 atom stereocenters. The maximum absolute atomic E-state index is 10.6. The molecule has 0 radical (unpaired) electrons. The van der Waals surface area contributed by atoms with E-state index >= 15 is 0 Å². The molecular weight excluding hydrogens is 184 g/mol. The first-order valence-electron chi connectivity index (χ1n) is 2.96. The first-order chi connectivity index (χ1) is 5.65. The summed E-state index contributed by atoms with van der Waals surface area (Å²) in [6.07, 6.45) is 0. The van der Waals surface area contributed by atoms with Gasteiger partial charge in [0.05, 0.1) is 0 Å². The molecule has 0 saturated carbocycles. The zero-order chi connectivity index (χ0) is 9.14. The number of rotatable bonds is 1. The lowest BCUT2D eigenvalue weighted by molar-refractivity contribution is -0.474. The average Bonchev–Trinajstić information content (AvgIpc) is 2.03. The summed E-state index contributed by atoms with van der Waals surface area (Å²) in [6, 6.07) is 3.81. The van der Waals surface area contributed by atoms with Crippen molar-refractivity contribution >= 4 is 17.3 Å². The van der Waals surface area contributed by atoms with Crippen LogP contribution in [0.2, 0.25) is 5.02 Å². The number of nitrogens with zero attached hydrogens (tertiary/aromatic N) is 2. The van der Waals surface area contributed by atoms with Gasteiger partial charge in [0.1, 0.15) is 0 Å². The topological polar surface area (TPSA) is 78.9 Å². The van der Waals surface area contributed by atoms with E-state index in [-0.39, 0.29) is 16.3 Å². The van der Waals surface area contributed by atoms with Gasteiger partial charge in [-0.1, -0.05) is 11.6 Å². The van der Waals surface area contributed by atoms with Crippen molar-refractivity contribution in [1.29, 1.82) is 0 Å². The fourth-order valence-electron chi connectivity index (χ4n) is 0.707. The molecule has 0 saturated heterocycles. The zero-order valence-electron chi connectivity index (χ0n) is 5.81. The van der Waals surface area contributed by atoms with Crippen LogP contribution in [0.1, 0.15) is 0 Å². The van der Waals surface area contributed by atoms with Gasteiger partial charge in [-0.15, -0.1) is 0 Å². The molecule has 0 aliphatic rings. The van der Waals surface area contributed by atoms with Crippen molar-refractivity contribution in [3.63, 3.8) is 0 Å². The first kappa shape index (κ1) is 8.61. The molecular formula is C6H5ClN2O3. The second-order valence-corrected chi connectivity index (χ2v) is 2.43. The Morgan fingerprint density at radius 3 is 2.67 bits per heavy atom. The van der Waals surface area contributed by atoms with Crippen LogP contribution in [0.5, 0.6) is 5.75 Å². The molecule has 64 valence electrons. The standard InChI is InChI=1S/C6H5ClN2O3/c7-4-1-2-5(6(10)3-4)9(12)8-11/h1-3,10-11H. The van der Waals surface area contributed by atoms with E-state index in [2.05, 4.69) is 5.28 Å². The molecule has 0 unspecified atom stereocenters. The van der Waals surface area contributed by atoms with Crippen LogP contribution in [0, 0.1) is 5.21 Å². The Bertz CT molecular complexity index is 327. The van der Waals surface area contributed by atoms with Crippen LogP contribution in [0.4, 0.5) is 5.69 Å². The maximum Gasteiger partial charge on any atom is 0.289 e. The lowest BCUT2D eigenvalue weighted by atomic mass is 10.3. The van der Waals surface area contributed by atoms with E-state index in [1.165, 1.54) is 18.2 Å². The predicted octanol–water partition coefficient (Wildman–Crippen LogP) is 2.03. The van der Waals surface area contributed by atoms with Crippen molar-refractivity contribution < 1.29 is 15.2 Å². The molecule has 1 aromatic carbocycles. The third-order valence-electron chi connectivity index (χ3n) is 1.22. The largest absolute Gasteiger partial charge is 0.591 e. The quantitative estimate of drug-likeness (QED) is 0.402. The van der Waals surface area contributed by atoms with E-state index in [4.69, 9.17) is 21.9 Å². The number of phenols is 1. The molecule has 0 bridgehead atoms. The van der Waals surface area contributed by atoms with Crippen LogP contribution < -0.4 is 0 Å². The number of hydrogen-bond acceptors (Lipinski definition) is 3. The normalized spacial score (nSPS) is 11.6. The molecule has 12 heavy (non-hydrogen) atoms. The molecule has 0 spiro atoms. The van der Waals surface area contributed by atoms with Gasteiger partial charge in [-0.3, -0.25) is 0 Å².